The van der Waals surface area contributed by atoms with E-state index in [0.29, 0.717) is 22.2 Å². The summed E-state index contributed by atoms with van der Waals surface area (Å²) in [6.07, 6.45) is 0. The predicted octanol–water partition coefficient (Wildman–Crippen LogP) is 2.99. The molecule has 1 aromatic carbocycles. The van der Waals surface area contributed by atoms with Gasteiger partial charge in [-0.3, -0.25) is 0 Å². The number of benzene rings is 1. The van der Waals surface area contributed by atoms with Gasteiger partial charge in [0, 0.05) is 6.92 Å². The molecule has 0 spiro atoms. The third kappa shape index (κ3) is 1.09. The molecule has 3 nitrogen and oxygen atoms in total. The van der Waals surface area contributed by atoms with Gasteiger partial charge in [-0.1, -0.05) is 11.6 Å². The number of anilines is 1. The molecule has 1 heterocycles. The number of hydrogen-bond acceptors (Lipinski definition) is 3. The molecule has 0 saturated heterocycles. The number of nitrogens with two attached hydrogens (primary N) is 1. The molecule has 2 aromatic rings. The Morgan fingerprint density at radius 3 is 2.50 bits per heavy atom. The summed E-state index contributed by atoms with van der Waals surface area (Å²) in [6, 6.07) is 0. The van der Waals surface area contributed by atoms with Crippen molar-refractivity contribution in [3.8, 4) is 0 Å². The number of halogens is 1. The van der Waals surface area contributed by atoms with E-state index < -0.39 is 0 Å². The number of oxazole rings is 1. The number of rotatable bonds is 0. The van der Waals surface area contributed by atoms with Crippen molar-refractivity contribution in [3.05, 3.63) is 22.0 Å². The van der Waals surface area contributed by atoms with Crippen LogP contribution >= 0.6 is 11.6 Å². The third-order valence-corrected chi connectivity index (χ3v) is 2.96. The number of hydrogen-bond donors (Lipinski definition) is 1. The molecule has 0 amide bonds. The monoisotopic (exact) mass is 210 g/mol. The SMILES string of the molecule is Cc1nc2c(C)c(Cl)c(C)c(N)c2o1. The summed E-state index contributed by atoms with van der Waals surface area (Å²) >= 11 is 6.11. The van der Waals surface area contributed by atoms with Crippen molar-refractivity contribution in [1.82, 2.24) is 4.98 Å². The molecule has 0 radical (unpaired) electrons. The number of nitrogen functional groups attached to an aromatic ring is 1. The minimum Gasteiger partial charge on any atom is -0.439 e. The zero-order valence-electron chi connectivity index (χ0n) is 8.31. The highest BCUT2D eigenvalue weighted by molar-refractivity contribution is 6.33. The minimum absolute atomic E-state index is 0.580. The van der Waals surface area contributed by atoms with Gasteiger partial charge >= 0.3 is 0 Å². The summed E-state index contributed by atoms with van der Waals surface area (Å²) in [5.74, 6) is 0.608. The van der Waals surface area contributed by atoms with Gasteiger partial charge in [-0.15, -0.1) is 0 Å². The van der Waals surface area contributed by atoms with Crippen LogP contribution in [0, 0.1) is 20.8 Å². The lowest BCUT2D eigenvalue weighted by Gasteiger charge is -2.05. The van der Waals surface area contributed by atoms with Crippen molar-refractivity contribution in [1.29, 1.82) is 0 Å². The first-order chi connectivity index (χ1) is 6.52. The van der Waals surface area contributed by atoms with Gasteiger partial charge in [-0.2, -0.15) is 0 Å². The second kappa shape index (κ2) is 2.89. The molecule has 2 N–H and O–H groups in total. The van der Waals surface area contributed by atoms with E-state index >= 15 is 0 Å². The van der Waals surface area contributed by atoms with E-state index in [0.717, 1.165) is 16.6 Å². The first-order valence-electron chi connectivity index (χ1n) is 4.33. The van der Waals surface area contributed by atoms with Gasteiger partial charge in [0.05, 0.1) is 10.7 Å². The van der Waals surface area contributed by atoms with E-state index in [1.807, 2.05) is 13.8 Å². The molecular formula is C10H11ClN2O. The Bertz CT molecular complexity index is 472. The number of nitrogens with zero attached hydrogens (tertiary/aromatic N) is 1. The largest absolute Gasteiger partial charge is 0.439 e. The molecular weight excluding hydrogens is 200 g/mol. The molecule has 0 bridgehead atoms. The van der Waals surface area contributed by atoms with Crippen LogP contribution in [0.1, 0.15) is 17.0 Å². The van der Waals surface area contributed by atoms with Crippen molar-refractivity contribution in [2.75, 3.05) is 5.73 Å². The minimum atomic E-state index is 0.580. The Balaban J connectivity index is 3.01. The smallest absolute Gasteiger partial charge is 0.192 e. The lowest BCUT2D eigenvalue weighted by molar-refractivity contribution is 0.562. The summed E-state index contributed by atoms with van der Waals surface area (Å²) < 4.78 is 5.42. The van der Waals surface area contributed by atoms with Crippen LogP contribution in [0.15, 0.2) is 4.42 Å². The summed E-state index contributed by atoms with van der Waals surface area (Å²) in [5.41, 5.74) is 9.64. The Morgan fingerprint density at radius 1 is 1.21 bits per heavy atom. The quantitative estimate of drug-likeness (QED) is 0.680. The molecule has 0 unspecified atom stereocenters. The third-order valence-electron chi connectivity index (χ3n) is 2.40. The summed E-state index contributed by atoms with van der Waals surface area (Å²) in [7, 11) is 0. The molecule has 0 fully saturated rings. The van der Waals surface area contributed by atoms with Gasteiger partial charge in [-0.05, 0) is 25.0 Å². The maximum Gasteiger partial charge on any atom is 0.192 e. The topological polar surface area (TPSA) is 52.0 Å². The van der Waals surface area contributed by atoms with Crippen molar-refractivity contribution in [2.45, 2.75) is 20.8 Å². The van der Waals surface area contributed by atoms with E-state index in [1.54, 1.807) is 6.92 Å². The molecule has 0 saturated carbocycles. The van der Waals surface area contributed by atoms with Gasteiger partial charge in [0.2, 0.25) is 0 Å². The van der Waals surface area contributed by atoms with E-state index in [2.05, 4.69) is 4.98 Å². The van der Waals surface area contributed by atoms with Crippen LogP contribution in [-0.2, 0) is 0 Å². The van der Waals surface area contributed by atoms with Gasteiger partial charge in [0.25, 0.3) is 0 Å². The fourth-order valence-corrected chi connectivity index (χ4v) is 1.73. The van der Waals surface area contributed by atoms with E-state index in [9.17, 15) is 0 Å². The van der Waals surface area contributed by atoms with E-state index in [4.69, 9.17) is 21.8 Å². The summed E-state index contributed by atoms with van der Waals surface area (Å²) in [6.45, 7) is 5.59. The van der Waals surface area contributed by atoms with Crippen LogP contribution in [0.4, 0.5) is 5.69 Å². The van der Waals surface area contributed by atoms with Crippen molar-refractivity contribution in [3.63, 3.8) is 0 Å². The maximum absolute atomic E-state index is 6.11. The Morgan fingerprint density at radius 2 is 1.86 bits per heavy atom. The molecule has 0 aliphatic heterocycles. The molecule has 0 aliphatic carbocycles. The average Bonchev–Trinajstić information content (AvgIpc) is 2.54. The Labute approximate surface area is 86.9 Å². The number of fused-ring (bicyclic) bond motifs is 1. The van der Waals surface area contributed by atoms with Crippen LogP contribution in [-0.4, -0.2) is 4.98 Å². The fraction of sp³-hybridized carbons (Fsp3) is 0.300. The van der Waals surface area contributed by atoms with Crippen molar-refractivity contribution >= 4 is 28.4 Å². The van der Waals surface area contributed by atoms with E-state index in [-0.39, 0.29) is 0 Å². The van der Waals surface area contributed by atoms with Gasteiger partial charge in [-0.25, -0.2) is 4.98 Å². The highest BCUT2D eigenvalue weighted by Gasteiger charge is 2.15. The summed E-state index contributed by atoms with van der Waals surface area (Å²) in [5, 5.41) is 0.670. The zero-order valence-corrected chi connectivity index (χ0v) is 9.07. The van der Waals surface area contributed by atoms with Crippen LogP contribution in [0.2, 0.25) is 5.02 Å². The lowest BCUT2D eigenvalue weighted by atomic mass is 10.1. The van der Waals surface area contributed by atoms with Crippen LogP contribution in [0.25, 0.3) is 11.1 Å². The van der Waals surface area contributed by atoms with Crippen molar-refractivity contribution < 1.29 is 4.42 Å². The fourth-order valence-electron chi connectivity index (χ4n) is 1.54. The molecule has 4 heteroatoms. The highest BCUT2D eigenvalue weighted by Crippen LogP contribution is 2.34. The Hall–Kier alpha value is -1.22. The maximum atomic E-state index is 6.11. The molecule has 0 aliphatic rings. The predicted molar refractivity (Wildman–Crippen MR) is 57.6 cm³/mol. The van der Waals surface area contributed by atoms with E-state index in [1.165, 1.54) is 0 Å². The molecule has 1 aromatic heterocycles. The lowest BCUT2D eigenvalue weighted by Crippen LogP contribution is -1.93. The van der Waals surface area contributed by atoms with Crippen LogP contribution in [0.5, 0.6) is 0 Å². The average molecular weight is 211 g/mol. The van der Waals surface area contributed by atoms with Gasteiger partial charge in [0.1, 0.15) is 5.52 Å². The first-order valence-corrected chi connectivity index (χ1v) is 4.71. The molecule has 74 valence electrons. The zero-order chi connectivity index (χ0) is 10.5. The van der Waals surface area contributed by atoms with Gasteiger partial charge in [0.15, 0.2) is 11.5 Å². The standard InChI is InChI=1S/C10H11ClN2O/c1-4-7(11)5(2)9-10(8(4)12)14-6(3)13-9/h12H2,1-3H3. The molecule has 14 heavy (non-hydrogen) atoms. The van der Waals surface area contributed by atoms with Crippen LogP contribution in [0.3, 0.4) is 0 Å². The second-order valence-electron chi connectivity index (χ2n) is 3.39. The normalized spacial score (nSPS) is 11.1. The summed E-state index contributed by atoms with van der Waals surface area (Å²) in [4.78, 5) is 4.24. The van der Waals surface area contributed by atoms with Crippen LogP contribution < -0.4 is 5.73 Å². The Kier molecular flexibility index (Phi) is 1.93. The molecule has 2 rings (SSSR count). The number of aromatic nitrogens is 1. The van der Waals surface area contributed by atoms with Crippen molar-refractivity contribution in [2.24, 2.45) is 0 Å². The van der Waals surface area contributed by atoms with Gasteiger partial charge < -0.3 is 10.2 Å². The highest BCUT2D eigenvalue weighted by atomic mass is 35.5. The number of aryl methyl sites for hydroxylation is 2. The molecule has 0 atom stereocenters. The second-order valence-corrected chi connectivity index (χ2v) is 3.77. The first kappa shape index (κ1) is 9.34.